The van der Waals surface area contributed by atoms with Gasteiger partial charge in [0, 0.05) is 39.8 Å². The van der Waals surface area contributed by atoms with Crippen LogP contribution in [-0.4, -0.2) is 32.6 Å². The van der Waals surface area contributed by atoms with Crippen LogP contribution in [0.15, 0.2) is 66.7 Å². The van der Waals surface area contributed by atoms with Crippen molar-refractivity contribution >= 4 is 52.3 Å². The molecule has 2 N–H and O–H groups in total. The Hall–Kier alpha value is -3.92. The molecule has 0 aliphatic carbocycles. The summed E-state index contributed by atoms with van der Waals surface area (Å²) >= 11 is 18.8. The molecule has 3 aromatic carbocycles. The van der Waals surface area contributed by atoms with Gasteiger partial charge in [-0.25, -0.2) is 4.68 Å². The van der Waals surface area contributed by atoms with E-state index < -0.39 is 28.2 Å². The van der Waals surface area contributed by atoms with E-state index in [1.165, 1.54) is 12.1 Å². The molecule has 218 valence electrons. The van der Waals surface area contributed by atoms with Crippen LogP contribution >= 0.6 is 34.8 Å². The van der Waals surface area contributed by atoms with Crippen LogP contribution in [0.4, 0.5) is 5.69 Å². The van der Waals surface area contributed by atoms with Gasteiger partial charge < -0.3 is 10.6 Å². The fourth-order valence-corrected chi connectivity index (χ4v) is 5.00. The quantitative estimate of drug-likeness (QED) is 0.158. The third-order valence-electron chi connectivity index (χ3n) is 6.61. The maximum Gasteiger partial charge on any atom is 0.272 e. The summed E-state index contributed by atoms with van der Waals surface area (Å²) in [5.74, 6) is -0.957. The summed E-state index contributed by atoms with van der Waals surface area (Å²) in [6.45, 7) is 7.40. The molecular weight excluding hydrogens is 601 g/mol. The molecule has 1 aromatic heterocycles. The molecule has 1 atom stereocenters. The van der Waals surface area contributed by atoms with E-state index in [1.807, 2.05) is 32.9 Å². The van der Waals surface area contributed by atoms with Crippen LogP contribution < -0.4 is 10.6 Å². The van der Waals surface area contributed by atoms with Crippen molar-refractivity contribution < 1.29 is 14.5 Å². The van der Waals surface area contributed by atoms with Crippen molar-refractivity contribution in [2.75, 3.05) is 0 Å². The molecule has 0 bridgehead atoms. The first-order valence-electron chi connectivity index (χ1n) is 12.9. The SMILES string of the molecule is Cc1c(C(=O)NC(C(=O)NCc2ccc([N+](=O)[O-])cc2)C(C)(C)C)nn(-c2ccc(Cl)cc2Cl)c1-c1ccc(Cl)cc1. The molecule has 0 aliphatic rings. The lowest BCUT2D eigenvalue weighted by atomic mass is 9.86. The predicted octanol–water partition coefficient (Wildman–Crippen LogP) is 7.18. The van der Waals surface area contributed by atoms with Gasteiger partial charge >= 0.3 is 0 Å². The zero-order valence-electron chi connectivity index (χ0n) is 23.2. The normalized spacial score (nSPS) is 12.1. The molecule has 0 saturated carbocycles. The second kappa shape index (κ2) is 12.5. The Kier molecular flexibility index (Phi) is 9.25. The summed E-state index contributed by atoms with van der Waals surface area (Å²) in [5, 5.41) is 22.6. The lowest BCUT2D eigenvalue weighted by Crippen LogP contribution is -2.53. The molecular formula is C30H28Cl3N5O4. The van der Waals surface area contributed by atoms with Gasteiger partial charge in [0.1, 0.15) is 6.04 Å². The maximum absolute atomic E-state index is 13.7. The molecule has 9 nitrogen and oxygen atoms in total. The highest BCUT2D eigenvalue weighted by atomic mass is 35.5. The van der Waals surface area contributed by atoms with Crippen LogP contribution in [0.3, 0.4) is 0 Å². The van der Waals surface area contributed by atoms with Crippen molar-refractivity contribution in [3.63, 3.8) is 0 Å². The Labute approximate surface area is 257 Å². The Balaban J connectivity index is 1.65. The number of benzene rings is 3. The average Bonchev–Trinajstić information content (AvgIpc) is 3.27. The second-order valence-electron chi connectivity index (χ2n) is 10.8. The molecule has 2 amide bonds. The van der Waals surface area contributed by atoms with E-state index in [0.717, 1.165) is 5.56 Å². The number of carbonyl (C=O) groups is 2. The summed E-state index contributed by atoms with van der Waals surface area (Å²) in [6.07, 6.45) is 0. The minimum Gasteiger partial charge on any atom is -0.350 e. The highest BCUT2D eigenvalue weighted by Gasteiger charge is 2.34. The number of halogens is 3. The number of rotatable bonds is 8. The maximum atomic E-state index is 13.7. The van der Waals surface area contributed by atoms with Crippen molar-refractivity contribution in [2.45, 2.75) is 40.3 Å². The van der Waals surface area contributed by atoms with Crippen LogP contribution in [-0.2, 0) is 11.3 Å². The lowest BCUT2D eigenvalue weighted by molar-refractivity contribution is -0.384. The van der Waals surface area contributed by atoms with Crippen molar-refractivity contribution in [1.82, 2.24) is 20.4 Å². The van der Waals surface area contributed by atoms with Gasteiger partial charge in [-0.05, 0) is 48.2 Å². The molecule has 0 fully saturated rings. The largest absolute Gasteiger partial charge is 0.350 e. The monoisotopic (exact) mass is 627 g/mol. The molecule has 12 heteroatoms. The topological polar surface area (TPSA) is 119 Å². The third kappa shape index (κ3) is 6.92. The minimum atomic E-state index is -0.925. The van der Waals surface area contributed by atoms with Gasteiger partial charge in [-0.1, -0.05) is 79.8 Å². The van der Waals surface area contributed by atoms with Crippen LogP contribution in [0.1, 0.15) is 42.4 Å². The van der Waals surface area contributed by atoms with Gasteiger partial charge in [-0.3, -0.25) is 19.7 Å². The van der Waals surface area contributed by atoms with Gasteiger partial charge in [0.2, 0.25) is 5.91 Å². The number of amides is 2. The van der Waals surface area contributed by atoms with E-state index in [4.69, 9.17) is 34.8 Å². The van der Waals surface area contributed by atoms with Crippen molar-refractivity contribution in [2.24, 2.45) is 5.41 Å². The number of nitrogens with one attached hydrogen (secondary N) is 2. The van der Waals surface area contributed by atoms with Crippen LogP contribution in [0.25, 0.3) is 16.9 Å². The Morgan fingerprint density at radius 2 is 1.60 bits per heavy atom. The number of nitrogens with zero attached hydrogens (tertiary/aromatic N) is 3. The molecule has 1 unspecified atom stereocenters. The van der Waals surface area contributed by atoms with E-state index >= 15 is 0 Å². The molecule has 4 aromatic rings. The summed E-state index contributed by atoms with van der Waals surface area (Å²) in [5.41, 5.74) is 2.54. The zero-order chi connectivity index (χ0) is 30.8. The Bertz CT molecular complexity index is 1650. The number of nitro benzene ring substituents is 1. The third-order valence-corrected chi connectivity index (χ3v) is 7.40. The number of hydrogen-bond donors (Lipinski definition) is 2. The fourth-order valence-electron chi connectivity index (χ4n) is 4.39. The van der Waals surface area contributed by atoms with Gasteiger partial charge in [-0.15, -0.1) is 0 Å². The number of carbonyl (C=O) groups excluding carboxylic acids is 2. The lowest BCUT2D eigenvalue weighted by Gasteiger charge is -2.30. The van der Waals surface area contributed by atoms with Crippen LogP contribution in [0, 0.1) is 22.5 Å². The van der Waals surface area contributed by atoms with Crippen LogP contribution in [0.2, 0.25) is 15.1 Å². The first kappa shape index (κ1) is 31.0. The molecule has 0 radical (unpaired) electrons. The Morgan fingerprint density at radius 1 is 0.976 bits per heavy atom. The van der Waals surface area contributed by atoms with Gasteiger partial charge in [0.25, 0.3) is 11.6 Å². The van der Waals surface area contributed by atoms with Crippen molar-refractivity contribution in [1.29, 1.82) is 0 Å². The standard InChI is InChI=1S/C30H28Cl3N5O4/c1-17-25(36-37(24-14-11-21(32)15-23(24)33)26(17)19-7-9-20(31)10-8-19)28(39)35-27(30(2,3)4)29(40)34-16-18-5-12-22(13-6-18)38(41)42/h5-15,27H,16H2,1-4H3,(H,34,40)(H,35,39). The highest BCUT2D eigenvalue weighted by Crippen LogP contribution is 2.33. The van der Waals surface area contributed by atoms with Gasteiger partial charge in [0.15, 0.2) is 5.69 Å². The first-order valence-corrected chi connectivity index (χ1v) is 14.0. The predicted molar refractivity (Wildman–Crippen MR) is 164 cm³/mol. The van der Waals surface area contributed by atoms with Gasteiger partial charge in [0.05, 0.1) is 21.3 Å². The smallest absolute Gasteiger partial charge is 0.272 e. The average molecular weight is 629 g/mol. The number of non-ortho nitro benzene ring substituents is 1. The highest BCUT2D eigenvalue weighted by molar-refractivity contribution is 6.35. The Morgan fingerprint density at radius 3 is 2.17 bits per heavy atom. The molecule has 0 saturated heterocycles. The van der Waals surface area contributed by atoms with E-state index in [9.17, 15) is 19.7 Å². The second-order valence-corrected chi connectivity index (χ2v) is 12.0. The van der Waals surface area contributed by atoms with E-state index in [1.54, 1.807) is 54.1 Å². The van der Waals surface area contributed by atoms with E-state index in [2.05, 4.69) is 15.7 Å². The number of aromatic nitrogens is 2. The summed E-state index contributed by atoms with van der Waals surface area (Å²) < 4.78 is 1.58. The van der Waals surface area contributed by atoms with E-state index in [0.29, 0.717) is 37.6 Å². The van der Waals surface area contributed by atoms with Crippen molar-refractivity contribution in [3.05, 3.63) is 109 Å². The van der Waals surface area contributed by atoms with Crippen molar-refractivity contribution in [3.8, 4) is 16.9 Å². The number of nitro groups is 1. The molecule has 4 rings (SSSR count). The van der Waals surface area contributed by atoms with Gasteiger partial charge in [-0.2, -0.15) is 5.10 Å². The number of hydrogen-bond acceptors (Lipinski definition) is 5. The first-order chi connectivity index (χ1) is 19.8. The fraction of sp³-hybridized carbons (Fsp3) is 0.233. The van der Waals surface area contributed by atoms with Crippen LogP contribution in [0.5, 0.6) is 0 Å². The minimum absolute atomic E-state index is 0.0439. The zero-order valence-corrected chi connectivity index (χ0v) is 25.5. The molecule has 42 heavy (non-hydrogen) atoms. The molecule has 0 spiro atoms. The molecule has 0 aliphatic heterocycles. The summed E-state index contributed by atoms with van der Waals surface area (Å²) in [4.78, 5) is 37.5. The summed E-state index contributed by atoms with van der Waals surface area (Å²) in [7, 11) is 0. The summed E-state index contributed by atoms with van der Waals surface area (Å²) in [6, 6.07) is 17.0. The molecule has 1 heterocycles. The van der Waals surface area contributed by atoms with E-state index in [-0.39, 0.29) is 17.9 Å².